The largest absolute Gasteiger partial charge is 0.454 e. The highest BCUT2D eigenvalue weighted by molar-refractivity contribution is 5.56. The number of rotatable bonds is 2. The second-order valence-electron chi connectivity index (χ2n) is 6.63. The summed E-state index contributed by atoms with van der Waals surface area (Å²) in [5, 5.41) is 14.8. The second-order valence-corrected chi connectivity index (χ2v) is 6.63. The van der Waals surface area contributed by atoms with E-state index in [1.807, 2.05) is 18.2 Å². The van der Waals surface area contributed by atoms with Crippen molar-refractivity contribution < 1.29 is 14.6 Å². The molecule has 0 amide bonds. The van der Waals surface area contributed by atoms with E-state index in [2.05, 4.69) is 5.32 Å². The van der Waals surface area contributed by atoms with Gasteiger partial charge < -0.3 is 19.9 Å². The summed E-state index contributed by atoms with van der Waals surface area (Å²) >= 11 is 0. The standard InChI is InChI=1S/C17H23NO3/c19-17-9-2-1-4-12(17)5-3-6-16(17)18-13-7-8-14-15(10-13)21-11-20-14/h7-8,10,12,16,18-19H,1-6,9,11H2/t12-,16+,17+/m1/s1. The Bertz CT molecular complexity index is 531. The van der Waals surface area contributed by atoms with Gasteiger partial charge in [-0.25, -0.2) is 0 Å². The first-order valence-corrected chi connectivity index (χ1v) is 8.14. The summed E-state index contributed by atoms with van der Waals surface area (Å²) in [4.78, 5) is 0. The molecule has 2 fully saturated rings. The first-order chi connectivity index (χ1) is 10.3. The minimum atomic E-state index is -0.535. The zero-order valence-electron chi connectivity index (χ0n) is 12.3. The lowest BCUT2D eigenvalue weighted by Crippen LogP contribution is -2.56. The highest BCUT2D eigenvalue weighted by Gasteiger charge is 2.47. The molecule has 0 spiro atoms. The van der Waals surface area contributed by atoms with Crippen LogP contribution in [0.15, 0.2) is 18.2 Å². The van der Waals surface area contributed by atoms with E-state index in [1.165, 1.54) is 25.7 Å². The van der Waals surface area contributed by atoms with Gasteiger partial charge in [-0.05, 0) is 43.7 Å². The molecule has 0 radical (unpaired) electrons. The Morgan fingerprint density at radius 2 is 1.90 bits per heavy atom. The monoisotopic (exact) mass is 289 g/mol. The van der Waals surface area contributed by atoms with Crippen LogP contribution in [0.25, 0.3) is 0 Å². The van der Waals surface area contributed by atoms with E-state index >= 15 is 0 Å². The molecular weight excluding hydrogens is 266 g/mol. The predicted molar refractivity (Wildman–Crippen MR) is 80.7 cm³/mol. The Hall–Kier alpha value is -1.42. The maximum atomic E-state index is 11.2. The molecule has 1 aromatic carbocycles. The van der Waals surface area contributed by atoms with Gasteiger partial charge in [0.15, 0.2) is 11.5 Å². The molecule has 1 aliphatic heterocycles. The minimum Gasteiger partial charge on any atom is -0.454 e. The van der Waals surface area contributed by atoms with E-state index in [0.29, 0.717) is 12.7 Å². The van der Waals surface area contributed by atoms with E-state index in [0.717, 1.165) is 36.4 Å². The maximum absolute atomic E-state index is 11.2. The molecule has 3 aliphatic rings. The van der Waals surface area contributed by atoms with Crippen molar-refractivity contribution in [2.75, 3.05) is 12.1 Å². The summed E-state index contributed by atoms with van der Waals surface area (Å²) in [7, 11) is 0. The Morgan fingerprint density at radius 1 is 1.05 bits per heavy atom. The third kappa shape index (κ3) is 2.26. The molecule has 114 valence electrons. The van der Waals surface area contributed by atoms with Crippen LogP contribution in [-0.4, -0.2) is 23.5 Å². The van der Waals surface area contributed by atoms with Crippen molar-refractivity contribution in [1.29, 1.82) is 0 Å². The summed E-state index contributed by atoms with van der Waals surface area (Å²) in [6, 6.07) is 6.09. The number of anilines is 1. The van der Waals surface area contributed by atoms with E-state index in [1.54, 1.807) is 0 Å². The predicted octanol–water partition coefficient (Wildman–Crippen LogP) is 3.30. The topological polar surface area (TPSA) is 50.7 Å². The lowest BCUT2D eigenvalue weighted by molar-refractivity contribution is -0.0835. The summed E-state index contributed by atoms with van der Waals surface area (Å²) in [5.74, 6) is 2.06. The number of benzene rings is 1. The highest BCUT2D eigenvalue weighted by atomic mass is 16.7. The van der Waals surface area contributed by atoms with Gasteiger partial charge in [0.1, 0.15) is 0 Å². The molecule has 4 heteroatoms. The number of hydrogen-bond acceptors (Lipinski definition) is 4. The Morgan fingerprint density at radius 3 is 2.86 bits per heavy atom. The zero-order chi connectivity index (χ0) is 14.3. The maximum Gasteiger partial charge on any atom is 0.231 e. The summed E-state index contributed by atoms with van der Waals surface area (Å²) in [6.07, 6.45) is 7.94. The van der Waals surface area contributed by atoms with Crippen LogP contribution < -0.4 is 14.8 Å². The molecular formula is C17H23NO3. The summed E-state index contributed by atoms with van der Waals surface area (Å²) < 4.78 is 10.8. The molecule has 2 N–H and O–H groups in total. The first kappa shape index (κ1) is 13.3. The van der Waals surface area contributed by atoms with Crippen molar-refractivity contribution in [3.8, 4) is 11.5 Å². The second kappa shape index (κ2) is 5.09. The number of fused-ring (bicyclic) bond motifs is 2. The molecule has 2 aliphatic carbocycles. The SMILES string of the molecule is O[C@@]12CCCC[C@@H]1CCC[C@@H]2Nc1ccc2c(c1)OCO2. The molecule has 0 unspecified atom stereocenters. The number of hydrogen-bond donors (Lipinski definition) is 2. The molecule has 0 saturated heterocycles. The van der Waals surface area contributed by atoms with E-state index in [-0.39, 0.29) is 6.04 Å². The molecule has 4 nitrogen and oxygen atoms in total. The Kier molecular flexibility index (Phi) is 3.21. The van der Waals surface area contributed by atoms with E-state index in [4.69, 9.17) is 9.47 Å². The summed E-state index contributed by atoms with van der Waals surface area (Å²) in [6.45, 7) is 0.300. The lowest BCUT2D eigenvalue weighted by atomic mass is 9.65. The average Bonchev–Trinajstić information content (AvgIpc) is 2.95. The Balaban J connectivity index is 1.55. The molecule has 1 aromatic rings. The van der Waals surface area contributed by atoms with Crippen LogP contribution in [0.4, 0.5) is 5.69 Å². The van der Waals surface area contributed by atoms with Crippen LogP contribution in [0.1, 0.15) is 44.9 Å². The fourth-order valence-corrected chi connectivity index (χ4v) is 4.31. The molecule has 4 rings (SSSR count). The van der Waals surface area contributed by atoms with E-state index in [9.17, 15) is 5.11 Å². The lowest BCUT2D eigenvalue weighted by Gasteiger charge is -2.49. The molecule has 21 heavy (non-hydrogen) atoms. The van der Waals surface area contributed by atoms with Crippen LogP contribution >= 0.6 is 0 Å². The molecule has 0 aromatic heterocycles. The molecule has 0 bridgehead atoms. The highest BCUT2D eigenvalue weighted by Crippen LogP contribution is 2.45. The van der Waals surface area contributed by atoms with Crippen LogP contribution in [0.5, 0.6) is 11.5 Å². The number of ether oxygens (including phenoxy) is 2. The van der Waals surface area contributed by atoms with Crippen LogP contribution in [0.2, 0.25) is 0 Å². The molecule has 3 atom stereocenters. The smallest absolute Gasteiger partial charge is 0.231 e. The van der Waals surface area contributed by atoms with Crippen LogP contribution in [0, 0.1) is 5.92 Å². The van der Waals surface area contributed by atoms with Crippen molar-refractivity contribution in [2.24, 2.45) is 5.92 Å². The van der Waals surface area contributed by atoms with Crippen molar-refractivity contribution in [3.05, 3.63) is 18.2 Å². The van der Waals surface area contributed by atoms with Gasteiger partial charge in [0.05, 0.1) is 11.6 Å². The molecule has 2 saturated carbocycles. The third-order valence-electron chi connectivity index (χ3n) is 5.45. The van der Waals surface area contributed by atoms with Gasteiger partial charge in [0.2, 0.25) is 6.79 Å². The zero-order valence-corrected chi connectivity index (χ0v) is 12.3. The fourth-order valence-electron chi connectivity index (χ4n) is 4.31. The van der Waals surface area contributed by atoms with Gasteiger partial charge in [-0.2, -0.15) is 0 Å². The van der Waals surface area contributed by atoms with Gasteiger partial charge in [-0.1, -0.05) is 19.3 Å². The first-order valence-electron chi connectivity index (χ1n) is 8.14. The van der Waals surface area contributed by atoms with Crippen molar-refractivity contribution in [3.63, 3.8) is 0 Å². The van der Waals surface area contributed by atoms with Gasteiger partial charge in [-0.3, -0.25) is 0 Å². The quantitative estimate of drug-likeness (QED) is 0.877. The third-order valence-corrected chi connectivity index (χ3v) is 5.45. The molecule has 1 heterocycles. The van der Waals surface area contributed by atoms with Crippen LogP contribution in [-0.2, 0) is 0 Å². The minimum absolute atomic E-state index is 0.150. The van der Waals surface area contributed by atoms with Crippen molar-refractivity contribution >= 4 is 5.69 Å². The van der Waals surface area contributed by atoms with Gasteiger partial charge in [0.25, 0.3) is 0 Å². The Labute approximate surface area is 125 Å². The average molecular weight is 289 g/mol. The van der Waals surface area contributed by atoms with Crippen molar-refractivity contribution in [1.82, 2.24) is 0 Å². The fraction of sp³-hybridized carbons (Fsp3) is 0.647. The van der Waals surface area contributed by atoms with Gasteiger partial charge >= 0.3 is 0 Å². The van der Waals surface area contributed by atoms with Crippen LogP contribution in [0.3, 0.4) is 0 Å². The number of nitrogens with one attached hydrogen (secondary N) is 1. The number of aliphatic hydroxyl groups is 1. The van der Waals surface area contributed by atoms with Crippen molar-refractivity contribution in [2.45, 2.75) is 56.6 Å². The normalized spacial score (nSPS) is 34.3. The van der Waals surface area contributed by atoms with E-state index < -0.39 is 5.60 Å². The van der Waals surface area contributed by atoms with Gasteiger partial charge in [0, 0.05) is 11.8 Å². The summed E-state index contributed by atoms with van der Waals surface area (Å²) in [5.41, 5.74) is 0.483. The van der Waals surface area contributed by atoms with Gasteiger partial charge in [-0.15, -0.1) is 0 Å².